The Kier molecular flexibility index (Phi) is 6.73. The van der Waals surface area contributed by atoms with Gasteiger partial charge in [0, 0.05) is 41.6 Å². The molecule has 10 heteroatoms. The minimum atomic E-state index is -0.193. The molecule has 3 aromatic heterocycles. The van der Waals surface area contributed by atoms with E-state index in [0.29, 0.717) is 29.4 Å². The van der Waals surface area contributed by atoms with Gasteiger partial charge in [-0.15, -0.1) is 0 Å². The highest BCUT2D eigenvalue weighted by atomic mass is 16.5. The number of anilines is 3. The van der Waals surface area contributed by atoms with Crippen molar-refractivity contribution in [2.24, 2.45) is 0 Å². The zero-order valence-electron chi connectivity index (χ0n) is 20.7. The standard InChI is InChI=1S/C27H26N8O2/c1-18-13-19(7-9-24(18)37-21-10-12-35-25(15-21)29-17-31-35)33-27-22-14-20(6-8-23(22)28-16-30-27)32-26(36)5-4-11-34(2)3/h4-10,12-17H,11H2,1-3H3,(H,32,36)(H,28,30,33)/b5-4+. The Bertz CT molecular complexity index is 1610. The Hall–Kier alpha value is -4.83. The number of aryl methyl sites for hydroxylation is 1. The zero-order chi connectivity index (χ0) is 25.8. The lowest BCUT2D eigenvalue weighted by molar-refractivity contribution is -0.111. The first-order chi connectivity index (χ1) is 17.9. The van der Waals surface area contributed by atoms with E-state index in [1.165, 1.54) is 18.7 Å². The summed E-state index contributed by atoms with van der Waals surface area (Å²) >= 11 is 0. The Morgan fingerprint density at radius 1 is 1.03 bits per heavy atom. The molecular formula is C27H26N8O2. The molecule has 2 aromatic carbocycles. The topological polar surface area (TPSA) is 110 Å². The van der Waals surface area contributed by atoms with E-state index >= 15 is 0 Å². The summed E-state index contributed by atoms with van der Waals surface area (Å²) in [4.78, 5) is 27.2. The van der Waals surface area contributed by atoms with Crippen LogP contribution in [0.15, 0.2) is 79.5 Å². The van der Waals surface area contributed by atoms with Crippen molar-refractivity contribution >= 4 is 39.6 Å². The monoisotopic (exact) mass is 494 g/mol. The van der Waals surface area contributed by atoms with Crippen LogP contribution in [0.25, 0.3) is 16.6 Å². The van der Waals surface area contributed by atoms with Gasteiger partial charge in [-0.25, -0.2) is 19.5 Å². The first-order valence-corrected chi connectivity index (χ1v) is 11.7. The van der Waals surface area contributed by atoms with Crippen LogP contribution in [0.3, 0.4) is 0 Å². The summed E-state index contributed by atoms with van der Waals surface area (Å²) in [6, 6.07) is 15.0. The second-order valence-electron chi connectivity index (χ2n) is 8.74. The Balaban J connectivity index is 1.33. The number of amides is 1. The van der Waals surface area contributed by atoms with Crippen molar-refractivity contribution < 1.29 is 9.53 Å². The Morgan fingerprint density at radius 2 is 1.89 bits per heavy atom. The van der Waals surface area contributed by atoms with E-state index in [-0.39, 0.29) is 5.91 Å². The van der Waals surface area contributed by atoms with Crippen LogP contribution in [-0.4, -0.2) is 56.0 Å². The van der Waals surface area contributed by atoms with Gasteiger partial charge in [-0.3, -0.25) is 4.79 Å². The van der Waals surface area contributed by atoms with E-state index in [2.05, 4.69) is 30.7 Å². The lowest BCUT2D eigenvalue weighted by atomic mass is 10.1. The predicted molar refractivity (Wildman–Crippen MR) is 143 cm³/mol. The molecular weight excluding hydrogens is 468 g/mol. The second kappa shape index (κ2) is 10.4. The third-order valence-electron chi connectivity index (χ3n) is 5.56. The molecule has 5 rings (SSSR count). The minimum Gasteiger partial charge on any atom is -0.457 e. The SMILES string of the molecule is Cc1cc(Nc2ncnc3ccc(NC(=O)/C=C/CN(C)C)cc23)ccc1Oc1ccn2ncnc2c1. The number of ether oxygens (including phenoxy) is 1. The van der Waals surface area contributed by atoms with Gasteiger partial charge in [0.2, 0.25) is 5.91 Å². The summed E-state index contributed by atoms with van der Waals surface area (Å²) in [5.41, 5.74) is 3.93. The summed E-state index contributed by atoms with van der Waals surface area (Å²) < 4.78 is 7.75. The van der Waals surface area contributed by atoms with E-state index < -0.39 is 0 Å². The molecule has 0 atom stereocenters. The summed E-state index contributed by atoms with van der Waals surface area (Å²) in [6.07, 6.45) is 8.16. The molecule has 186 valence electrons. The van der Waals surface area contributed by atoms with Crippen LogP contribution in [-0.2, 0) is 4.79 Å². The van der Waals surface area contributed by atoms with Gasteiger partial charge in [0.05, 0.1) is 5.52 Å². The first kappa shape index (κ1) is 23.9. The molecule has 1 amide bonds. The molecule has 0 fully saturated rings. The number of aromatic nitrogens is 5. The number of carbonyl (C=O) groups excluding carboxylic acids is 1. The van der Waals surface area contributed by atoms with E-state index in [0.717, 1.165) is 27.9 Å². The van der Waals surface area contributed by atoms with Crippen molar-refractivity contribution in [3.63, 3.8) is 0 Å². The van der Waals surface area contributed by atoms with Crippen molar-refractivity contribution in [3.8, 4) is 11.5 Å². The van der Waals surface area contributed by atoms with E-state index in [1.807, 2.05) is 80.5 Å². The largest absolute Gasteiger partial charge is 0.457 e. The molecule has 3 heterocycles. The minimum absolute atomic E-state index is 0.193. The molecule has 0 radical (unpaired) electrons. The number of rotatable bonds is 8. The van der Waals surface area contributed by atoms with E-state index in [4.69, 9.17) is 4.74 Å². The molecule has 0 unspecified atom stereocenters. The van der Waals surface area contributed by atoms with Crippen LogP contribution in [0.4, 0.5) is 17.2 Å². The van der Waals surface area contributed by atoms with E-state index in [1.54, 1.807) is 10.7 Å². The number of pyridine rings is 1. The van der Waals surface area contributed by atoms with Crippen molar-refractivity contribution in [2.45, 2.75) is 6.92 Å². The van der Waals surface area contributed by atoms with Crippen LogP contribution >= 0.6 is 0 Å². The third kappa shape index (κ3) is 5.71. The van der Waals surface area contributed by atoms with Gasteiger partial charge in [-0.05, 0) is 69.0 Å². The van der Waals surface area contributed by atoms with Crippen molar-refractivity contribution in [1.29, 1.82) is 0 Å². The maximum atomic E-state index is 12.3. The van der Waals surface area contributed by atoms with Crippen LogP contribution < -0.4 is 15.4 Å². The lowest BCUT2D eigenvalue weighted by Gasteiger charge is -2.13. The van der Waals surface area contributed by atoms with Gasteiger partial charge < -0.3 is 20.3 Å². The Labute approximate surface area is 213 Å². The summed E-state index contributed by atoms with van der Waals surface area (Å²) in [5, 5.41) is 11.1. The molecule has 0 aliphatic heterocycles. The number of benzene rings is 2. The molecule has 0 saturated heterocycles. The maximum Gasteiger partial charge on any atom is 0.248 e. The maximum absolute atomic E-state index is 12.3. The Morgan fingerprint density at radius 3 is 2.73 bits per heavy atom. The smallest absolute Gasteiger partial charge is 0.248 e. The number of likely N-dealkylation sites (N-methyl/N-ethyl adjacent to an activating group) is 1. The van der Waals surface area contributed by atoms with Crippen LogP contribution in [0.5, 0.6) is 11.5 Å². The molecule has 2 N–H and O–H groups in total. The summed E-state index contributed by atoms with van der Waals surface area (Å²) in [5.74, 6) is 1.85. The number of nitrogens with one attached hydrogen (secondary N) is 2. The number of hydrogen-bond acceptors (Lipinski definition) is 8. The molecule has 0 aliphatic rings. The van der Waals surface area contributed by atoms with Crippen LogP contribution in [0.2, 0.25) is 0 Å². The third-order valence-corrected chi connectivity index (χ3v) is 5.56. The lowest BCUT2D eigenvalue weighted by Crippen LogP contribution is -2.12. The molecule has 0 aliphatic carbocycles. The van der Waals surface area contributed by atoms with Crippen molar-refractivity contribution in [1.82, 2.24) is 29.5 Å². The quantitative estimate of drug-likeness (QED) is 0.302. The highest BCUT2D eigenvalue weighted by Crippen LogP contribution is 2.30. The van der Waals surface area contributed by atoms with Gasteiger partial charge in [-0.2, -0.15) is 5.10 Å². The fourth-order valence-electron chi connectivity index (χ4n) is 3.75. The molecule has 0 spiro atoms. The average molecular weight is 495 g/mol. The van der Waals surface area contributed by atoms with E-state index in [9.17, 15) is 4.79 Å². The molecule has 37 heavy (non-hydrogen) atoms. The number of carbonyl (C=O) groups is 1. The zero-order valence-corrected chi connectivity index (χ0v) is 20.7. The number of nitrogens with zero attached hydrogens (tertiary/aromatic N) is 6. The average Bonchev–Trinajstić information content (AvgIpc) is 3.34. The van der Waals surface area contributed by atoms with Crippen molar-refractivity contribution in [3.05, 3.63) is 85.1 Å². The molecule has 10 nitrogen and oxygen atoms in total. The second-order valence-corrected chi connectivity index (χ2v) is 8.74. The fourth-order valence-corrected chi connectivity index (χ4v) is 3.75. The van der Waals surface area contributed by atoms with Gasteiger partial charge in [0.1, 0.15) is 30.0 Å². The molecule has 0 saturated carbocycles. The van der Waals surface area contributed by atoms with Crippen molar-refractivity contribution in [2.75, 3.05) is 31.3 Å². The first-order valence-electron chi connectivity index (χ1n) is 11.7. The molecule has 0 bridgehead atoms. The van der Waals surface area contributed by atoms with Gasteiger partial charge in [-0.1, -0.05) is 6.08 Å². The number of hydrogen-bond donors (Lipinski definition) is 2. The van der Waals surface area contributed by atoms with Gasteiger partial charge in [0.15, 0.2) is 5.65 Å². The fraction of sp³-hybridized carbons (Fsp3) is 0.148. The number of fused-ring (bicyclic) bond motifs is 2. The van der Waals surface area contributed by atoms with Gasteiger partial charge in [0.25, 0.3) is 0 Å². The summed E-state index contributed by atoms with van der Waals surface area (Å²) in [6.45, 7) is 2.67. The predicted octanol–water partition coefficient (Wildman–Crippen LogP) is 4.57. The van der Waals surface area contributed by atoms with Gasteiger partial charge >= 0.3 is 0 Å². The normalized spacial score (nSPS) is 11.5. The highest BCUT2D eigenvalue weighted by Gasteiger charge is 2.09. The van der Waals surface area contributed by atoms with Crippen LogP contribution in [0, 0.1) is 6.92 Å². The highest BCUT2D eigenvalue weighted by molar-refractivity contribution is 6.01. The summed E-state index contributed by atoms with van der Waals surface area (Å²) in [7, 11) is 3.89. The molecule has 5 aromatic rings. The van der Waals surface area contributed by atoms with Crippen LogP contribution in [0.1, 0.15) is 5.56 Å².